The molecule has 0 radical (unpaired) electrons. The maximum Gasteiger partial charge on any atom is 0.242 e. The van der Waals surface area contributed by atoms with E-state index in [2.05, 4.69) is 30.9 Å². The SMILES string of the molecule is Cn1nc(Cl)nc1C(C)(C)C. The highest BCUT2D eigenvalue weighted by Crippen LogP contribution is 2.20. The number of halogens is 1. The van der Waals surface area contributed by atoms with Crippen LogP contribution in [0.1, 0.15) is 26.6 Å². The lowest BCUT2D eigenvalue weighted by Crippen LogP contribution is -2.17. The highest BCUT2D eigenvalue weighted by atomic mass is 35.5. The second kappa shape index (κ2) is 2.48. The fourth-order valence-electron chi connectivity index (χ4n) is 1.01. The van der Waals surface area contributed by atoms with Gasteiger partial charge in [0.05, 0.1) is 0 Å². The first kappa shape index (κ1) is 8.53. The lowest BCUT2D eigenvalue weighted by atomic mass is 9.96. The zero-order valence-electron chi connectivity index (χ0n) is 7.22. The van der Waals surface area contributed by atoms with E-state index in [1.807, 2.05) is 7.05 Å². The van der Waals surface area contributed by atoms with Crippen LogP contribution in [0.2, 0.25) is 5.28 Å². The van der Waals surface area contributed by atoms with Crippen molar-refractivity contribution < 1.29 is 0 Å². The van der Waals surface area contributed by atoms with Gasteiger partial charge in [-0.25, -0.2) is 4.98 Å². The van der Waals surface area contributed by atoms with Gasteiger partial charge >= 0.3 is 0 Å². The van der Waals surface area contributed by atoms with Gasteiger partial charge in [-0.3, -0.25) is 4.68 Å². The molecule has 0 bridgehead atoms. The largest absolute Gasteiger partial charge is 0.251 e. The maximum absolute atomic E-state index is 5.63. The van der Waals surface area contributed by atoms with Gasteiger partial charge in [-0.05, 0) is 11.6 Å². The summed E-state index contributed by atoms with van der Waals surface area (Å²) in [5.74, 6) is 0.905. The zero-order valence-corrected chi connectivity index (χ0v) is 7.98. The Labute approximate surface area is 71.4 Å². The van der Waals surface area contributed by atoms with Crippen LogP contribution in [-0.2, 0) is 12.5 Å². The number of aromatic nitrogens is 3. The van der Waals surface area contributed by atoms with Crippen LogP contribution < -0.4 is 0 Å². The lowest BCUT2D eigenvalue weighted by molar-refractivity contribution is 0.506. The van der Waals surface area contributed by atoms with E-state index in [4.69, 9.17) is 11.6 Å². The van der Waals surface area contributed by atoms with Crippen molar-refractivity contribution in [3.05, 3.63) is 11.1 Å². The maximum atomic E-state index is 5.63. The first-order chi connectivity index (χ1) is 4.91. The van der Waals surface area contributed by atoms with Crippen molar-refractivity contribution in [3.63, 3.8) is 0 Å². The van der Waals surface area contributed by atoms with Crippen molar-refractivity contribution in [1.29, 1.82) is 0 Å². The molecule has 0 aliphatic rings. The molecule has 3 nitrogen and oxygen atoms in total. The van der Waals surface area contributed by atoms with Crippen molar-refractivity contribution in [2.75, 3.05) is 0 Å². The second-order valence-electron chi connectivity index (χ2n) is 3.58. The van der Waals surface area contributed by atoms with Gasteiger partial charge < -0.3 is 0 Å². The number of aryl methyl sites for hydroxylation is 1. The molecule has 1 aromatic rings. The molecule has 1 heterocycles. The third-order valence-electron chi connectivity index (χ3n) is 1.41. The summed E-state index contributed by atoms with van der Waals surface area (Å²) in [5.41, 5.74) is 0.00882. The molecule has 0 N–H and O–H groups in total. The molecule has 62 valence electrons. The standard InChI is InChI=1S/C7H12ClN3/c1-7(2,3)5-9-6(8)10-11(5)4/h1-4H3. The summed E-state index contributed by atoms with van der Waals surface area (Å²) in [6.07, 6.45) is 0. The molecule has 0 saturated carbocycles. The van der Waals surface area contributed by atoms with Crippen LogP contribution in [0.4, 0.5) is 0 Å². The van der Waals surface area contributed by atoms with Gasteiger partial charge in [-0.15, -0.1) is 5.10 Å². The van der Waals surface area contributed by atoms with Crippen molar-refractivity contribution in [2.24, 2.45) is 7.05 Å². The van der Waals surface area contributed by atoms with E-state index >= 15 is 0 Å². The number of hydrogen-bond acceptors (Lipinski definition) is 2. The molecule has 4 heteroatoms. The van der Waals surface area contributed by atoms with Gasteiger partial charge in [-0.1, -0.05) is 20.8 Å². The van der Waals surface area contributed by atoms with Gasteiger partial charge in [0.2, 0.25) is 5.28 Å². The van der Waals surface area contributed by atoms with E-state index in [9.17, 15) is 0 Å². The van der Waals surface area contributed by atoms with Crippen LogP contribution in [0.15, 0.2) is 0 Å². The summed E-state index contributed by atoms with van der Waals surface area (Å²) in [4.78, 5) is 4.10. The highest BCUT2D eigenvalue weighted by molar-refractivity contribution is 6.28. The van der Waals surface area contributed by atoms with Crippen LogP contribution in [0.5, 0.6) is 0 Å². The number of hydrogen-bond donors (Lipinski definition) is 0. The summed E-state index contributed by atoms with van der Waals surface area (Å²) in [6.45, 7) is 6.23. The predicted octanol–water partition coefficient (Wildman–Crippen LogP) is 1.77. The molecule has 0 aromatic carbocycles. The van der Waals surface area contributed by atoms with Crippen LogP contribution in [0.3, 0.4) is 0 Å². The molecule has 1 rings (SSSR count). The van der Waals surface area contributed by atoms with Crippen LogP contribution in [0, 0.1) is 0 Å². The van der Waals surface area contributed by atoms with Gasteiger partial charge in [0.1, 0.15) is 5.82 Å². The summed E-state index contributed by atoms with van der Waals surface area (Å²) in [7, 11) is 1.85. The Morgan fingerprint density at radius 1 is 1.36 bits per heavy atom. The van der Waals surface area contributed by atoms with Crippen molar-refractivity contribution >= 4 is 11.6 Å². The molecular weight excluding hydrogens is 162 g/mol. The van der Waals surface area contributed by atoms with E-state index in [1.165, 1.54) is 0 Å². The van der Waals surface area contributed by atoms with Crippen LogP contribution in [0.25, 0.3) is 0 Å². The molecule has 0 aliphatic heterocycles. The normalized spacial score (nSPS) is 12.1. The summed E-state index contributed by atoms with van der Waals surface area (Å²) in [5, 5.41) is 4.27. The van der Waals surface area contributed by atoms with Gasteiger partial charge in [-0.2, -0.15) is 0 Å². The van der Waals surface area contributed by atoms with Crippen LogP contribution in [-0.4, -0.2) is 14.8 Å². The molecule has 0 amide bonds. The zero-order chi connectivity index (χ0) is 8.65. The van der Waals surface area contributed by atoms with Gasteiger partial charge in [0, 0.05) is 12.5 Å². The Balaban J connectivity index is 3.13. The summed E-state index contributed by atoms with van der Waals surface area (Å²) >= 11 is 5.63. The first-order valence-corrected chi connectivity index (χ1v) is 3.86. The molecule has 0 atom stereocenters. The summed E-state index contributed by atoms with van der Waals surface area (Å²) < 4.78 is 1.71. The lowest BCUT2D eigenvalue weighted by Gasteiger charge is -2.15. The van der Waals surface area contributed by atoms with Crippen molar-refractivity contribution in [3.8, 4) is 0 Å². The Hall–Kier alpha value is -0.570. The minimum absolute atomic E-state index is 0.00882. The molecule has 11 heavy (non-hydrogen) atoms. The number of nitrogens with zero attached hydrogens (tertiary/aromatic N) is 3. The minimum Gasteiger partial charge on any atom is -0.251 e. The second-order valence-corrected chi connectivity index (χ2v) is 3.92. The molecule has 0 unspecified atom stereocenters. The number of rotatable bonds is 0. The van der Waals surface area contributed by atoms with E-state index in [0.29, 0.717) is 5.28 Å². The van der Waals surface area contributed by atoms with Crippen LogP contribution >= 0.6 is 11.6 Å². The van der Waals surface area contributed by atoms with Crippen molar-refractivity contribution in [2.45, 2.75) is 26.2 Å². The average Bonchev–Trinajstić information content (AvgIpc) is 2.08. The Kier molecular flexibility index (Phi) is 1.92. The van der Waals surface area contributed by atoms with Crippen molar-refractivity contribution in [1.82, 2.24) is 14.8 Å². The van der Waals surface area contributed by atoms with Gasteiger partial charge in [0.25, 0.3) is 0 Å². The molecule has 0 aliphatic carbocycles. The highest BCUT2D eigenvalue weighted by Gasteiger charge is 2.20. The van der Waals surface area contributed by atoms with E-state index < -0.39 is 0 Å². The Morgan fingerprint density at radius 3 is 2.09 bits per heavy atom. The fourth-order valence-corrected chi connectivity index (χ4v) is 1.20. The monoisotopic (exact) mass is 173 g/mol. The van der Waals surface area contributed by atoms with Gasteiger partial charge in [0.15, 0.2) is 0 Å². The average molecular weight is 174 g/mol. The first-order valence-electron chi connectivity index (χ1n) is 3.48. The molecule has 0 spiro atoms. The third-order valence-corrected chi connectivity index (χ3v) is 1.57. The molecule has 0 saturated heterocycles. The molecule has 1 aromatic heterocycles. The quantitative estimate of drug-likeness (QED) is 0.599. The Bertz CT molecular complexity index is 259. The fraction of sp³-hybridized carbons (Fsp3) is 0.714. The topological polar surface area (TPSA) is 30.7 Å². The minimum atomic E-state index is 0.00882. The van der Waals surface area contributed by atoms with E-state index in [-0.39, 0.29) is 5.41 Å². The summed E-state index contributed by atoms with van der Waals surface area (Å²) in [6, 6.07) is 0. The molecule has 0 fully saturated rings. The predicted molar refractivity (Wildman–Crippen MR) is 44.7 cm³/mol. The van der Waals surface area contributed by atoms with E-state index in [0.717, 1.165) is 5.82 Å². The third kappa shape index (κ3) is 1.71. The Morgan fingerprint density at radius 2 is 1.91 bits per heavy atom. The molecular formula is C7H12ClN3. The smallest absolute Gasteiger partial charge is 0.242 e. The van der Waals surface area contributed by atoms with E-state index in [1.54, 1.807) is 4.68 Å².